The van der Waals surface area contributed by atoms with E-state index in [1.807, 2.05) is 27.8 Å². The number of hydrogen-bond acceptors (Lipinski definition) is 5. The van der Waals surface area contributed by atoms with Crippen LogP contribution in [0.1, 0.15) is 42.8 Å². The van der Waals surface area contributed by atoms with Gasteiger partial charge in [-0.05, 0) is 24.5 Å². The lowest BCUT2D eigenvalue weighted by Crippen LogP contribution is -2.39. The molecular weight excluding hydrogens is 352 g/mol. The fourth-order valence-electron chi connectivity index (χ4n) is 3.80. The molecule has 1 aliphatic rings. The topological polar surface area (TPSA) is 76.8 Å². The van der Waals surface area contributed by atoms with Gasteiger partial charge in [0.05, 0.1) is 12.1 Å². The molecule has 28 heavy (non-hydrogen) atoms. The van der Waals surface area contributed by atoms with Gasteiger partial charge in [0.1, 0.15) is 5.82 Å². The minimum absolute atomic E-state index is 0.161. The van der Waals surface area contributed by atoms with E-state index in [0.29, 0.717) is 12.3 Å². The van der Waals surface area contributed by atoms with Crippen molar-refractivity contribution in [2.24, 2.45) is 0 Å². The number of piperidine rings is 1. The number of nitrogens with zero attached hydrogens (tertiary/aromatic N) is 6. The van der Waals surface area contributed by atoms with Crippen molar-refractivity contribution in [2.75, 3.05) is 13.1 Å². The van der Waals surface area contributed by atoms with Crippen molar-refractivity contribution < 1.29 is 4.79 Å². The number of pyridine rings is 1. The summed E-state index contributed by atoms with van der Waals surface area (Å²) >= 11 is 0. The smallest absolute Gasteiger partial charge is 0.227 e. The van der Waals surface area contributed by atoms with Crippen LogP contribution in [0.25, 0.3) is 5.82 Å². The number of amides is 1. The van der Waals surface area contributed by atoms with E-state index in [2.05, 4.69) is 26.9 Å². The summed E-state index contributed by atoms with van der Waals surface area (Å²) in [6, 6.07) is 3.81. The predicted octanol–water partition coefficient (Wildman–Crippen LogP) is 2.57. The van der Waals surface area contributed by atoms with Crippen LogP contribution in [0, 0.1) is 0 Å². The fraction of sp³-hybridized carbons (Fsp3) is 0.381. The van der Waals surface area contributed by atoms with Crippen LogP contribution in [-0.2, 0) is 17.6 Å². The molecule has 4 rings (SSSR count). The van der Waals surface area contributed by atoms with E-state index in [0.717, 1.165) is 55.3 Å². The Morgan fingerprint density at radius 3 is 2.68 bits per heavy atom. The first-order valence-corrected chi connectivity index (χ1v) is 9.76. The molecule has 0 atom stereocenters. The molecule has 7 nitrogen and oxygen atoms in total. The standard InChI is InChI=1S/C21H24N6O/c1-2-18-23-10-13-27(18)21-20(24-8-9-25-21)17-5-11-26(12-6-17)19(28)14-16-4-3-7-22-15-16/h3-4,7-10,13,15,17H,2,5-6,11-12,14H2,1H3. The molecule has 0 radical (unpaired) electrons. The second kappa shape index (κ2) is 8.29. The average Bonchev–Trinajstić information content (AvgIpc) is 3.23. The Bertz CT molecular complexity index is 931. The monoisotopic (exact) mass is 376 g/mol. The van der Waals surface area contributed by atoms with Crippen LogP contribution < -0.4 is 0 Å². The van der Waals surface area contributed by atoms with Crippen LogP contribution >= 0.6 is 0 Å². The van der Waals surface area contributed by atoms with Gasteiger partial charge in [0, 0.05) is 62.6 Å². The van der Waals surface area contributed by atoms with Crippen LogP contribution in [0.15, 0.2) is 49.3 Å². The summed E-state index contributed by atoms with van der Waals surface area (Å²) < 4.78 is 2.03. The van der Waals surface area contributed by atoms with Crippen molar-refractivity contribution in [3.63, 3.8) is 0 Å². The Labute approximate surface area is 164 Å². The van der Waals surface area contributed by atoms with Gasteiger partial charge < -0.3 is 4.90 Å². The SMILES string of the molecule is CCc1nccn1-c1nccnc1C1CCN(C(=O)Cc2cccnc2)CC1. The summed E-state index contributed by atoms with van der Waals surface area (Å²) in [5.41, 5.74) is 1.95. The molecule has 1 amide bonds. The molecule has 7 heteroatoms. The van der Waals surface area contributed by atoms with Crippen LogP contribution in [0.5, 0.6) is 0 Å². The van der Waals surface area contributed by atoms with Gasteiger partial charge in [-0.1, -0.05) is 13.0 Å². The lowest BCUT2D eigenvalue weighted by Gasteiger charge is -2.32. The third kappa shape index (κ3) is 3.78. The normalized spacial score (nSPS) is 15.0. The summed E-state index contributed by atoms with van der Waals surface area (Å²) in [7, 11) is 0. The summed E-state index contributed by atoms with van der Waals surface area (Å²) in [4.78, 5) is 32.3. The molecule has 1 saturated heterocycles. The Hall–Kier alpha value is -3.09. The van der Waals surface area contributed by atoms with E-state index < -0.39 is 0 Å². The maximum Gasteiger partial charge on any atom is 0.227 e. The first-order chi connectivity index (χ1) is 13.8. The van der Waals surface area contributed by atoms with Gasteiger partial charge in [-0.15, -0.1) is 0 Å². The van der Waals surface area contributed by atoms with E-state index >= 15 is 0 Å². The van der Waals surface area contributed by atoms with E-state index in [1.54, 1.807) is 31.0 Å². The van der Waals surface area contributed by atoms with Gasteiger partial charge in [-0.3, -0.25) is 19.3 Å². The maximum absolute atomic E-state index is 12.6. The molecule has 3 aromatic rings. The molecular formula is C21H24N6O. The minimum atomic E-state index is 0.161. The quantitative estimate of drug-likeness (QED) is 0.684. The number of aryl methyl sites for hydroxylation is 1. The second-order valence-corrected chi connectivity index (χ2v) is 7.03. The first kappa shape index (κ1) is 18.3. The largest absolute Gasteiger partial charge is 0.342 e. The number of carbonyl (C=O) groups is 1. The Kier molecular flexibility index (Phi) is 5.41. The molecule has 0 saturated carbocycles. The van der Waals surface area contributed by atoms with E-state index in [1.165, 1.54) is 0 Å². The number of imidazole rings is 1. The van der Waals surface area contributed by atoms with Crippen molar-refractivity contribution >= 4 is 5.91 Å². The molecule has 1 aliphatic heterocycles. The number of carbonyl (C=O) groups excluding carboxylic acids is 1. The van der Waals surface area contributed by atoms with Crippen LogP contribution in [0.3, 0.4) is 0 Å². The number of rotatable bonds is 5. The maximum atomic E-state index is 12.6. The zero-order chi connectivity index (χ0) is 19.3. The molecule has 0 aromatic carbocycles. The highest BCUT2D eigenvalue weighted by Gasteiger charge is 2.27. The Morgan fingerprint density at radius 2 is 1.93 bits per heavy atom. The number of hydrogen-bond donors (Lipinski definition) is 0. The van der Waals surface area contributed by atoms with Crippen LogP contribution in [-0.4, -0.2) is 48.4 Å². The predicted molar refractivity (Wildman–Crippen MR) is 105 cm³/mol. The fourth-order valence-corrected chi connectivity index (χ4v) is 3.80. The third-order valence-corrected chi connectivity index (χ3v) is 5.28. The second-order valence-electron chi connectivity index (χ2n) is 7.03. The van der Waals surface area contributed by atoms with E-state index in [4.69, 9.17) is 0 Å². The molecule has 0 aliphatic carbocycles. The van der Waals surface area contributed by atoms with Gasteiger partial charge in [-0.25, -0.2) is 9.97 Å². The van der Waals surface area contributed by atoms with Gasteiger partial charge in [0.15, 0.2) is 5.82 Å². The van der Waals surface area contributed by atoms with Gasteiger partial charge in [0.25, 0.3) is 0 Å². The summed E-state index contributed by atoms with van der Waals surface area (Å²) in [5, 5.41) is 0. The van der Waals surface area contributed by atoms with Gasteiger partial charge in [0.2, 0.25) is 5.91 Å². The highest BCUT2D eigenvalue weighted by molar-refractivity contribution is 5.78. The molecule has 144 valence electrons. The van der Waals surface area contributed by atoms with Gasteiger partial charge >= 0.3 is 0 Å². The van der Waals surface area contributed by atoms with Crippen molar-refractivity contribution in [2.45, 2.75) is 38.5 Å². The van der Waals surface area contributed by atoms with Crippen molar-refractivity contribution in [3.8, 4) is 5.82 Å². The Balaban J connectivity index is 1.45. The van der Waals surface area contributed by atoms with E-state index in [-0.39, 0.29) is 5.91 Å². The van der Waals surface area contributed by atoms with Crippen LogP contribution in [0.2, 0.25) is 0 Å². The van der Waals surface area contributed by atoms with Crippen molar-refractivity contribution in [1.29, 1.82) is 0 Å². The zero-order valence-electron chi connectivity index (χ0n) is 16.0. The zero-order valence-corrected chi connectivity index (χ0v) is 16.0. The highest BCUT2D eigenvalue weighted by atomic mass is 16.2. The molecule has 0 spiro atoms. The molecule has 0 N–H and O–H groups in total. The van der Waals surface area contributed by atoms with Gasteiger partial charge in [-0.2, -0.15) is 0 Å². The summed E-state index contributed by atoms with van der Waals surface area (Å²) in [6.45, 7) is 3.57. The lowest BCUT2D eigenvalue weighted by atomic mass is 9.92. The van der Waals surface area contributed by atoms with Crippen LogP contribution in [0.4, 0.5) is 0 Å². The highest BCUT2D eigenvalue weighted by Crippen LogP contribution is 2.30. The Morgan fingerprint density at radius 1 is 1.11 bits per heavy atom. The minimum Gasteiger partial charge on any atom is -0.342 e. The molecule has 1 fully saturated rings. The first-order valence-electron chi connectivity index (χ1n) is 9.76. The number of aromatic nitrogens is 5. The molecule has 3 aromatic heterocycles. The summed E-state index contributed by atoms with van der Waals surface area (Å²) in [6.07, 6.45) is 13.7. The number of likely N-dealkylation sites (tertiary alicyclic amines) is 1. The van der Waals surface area contributed by atoms with E-state index in [9.17, 15) is 4.79 Å². The average molecular weight is 376 g/mol. The van der Waals surface area contributed by atoms with Crippen molar-refractivity contribution in [1.82, 2.24) is 29.4 Å². The van der Waals surface area contributed by atoms with Crippen molar-refractivity contribution in [3.05, 3.63) is 66.4 Å². The molecule has 4 heterocycles. The molecule has 0 bridgehead atoms. The lowest BCUT2D eigenvalue weighted by molar-refractivity contribution is -0.131. The third-order valence-electron chi connectivity index (χ3n) is 5.28. The molecule has 0 unspecified atom stereocenters. The summed E-state index contributed by atoms with van der Waals surface area (Å²) in [5.74, 6) is 2.29.